The van der Waals surface area contributed by atoms with Crippen molar-refractivity contribution in [2.24, 2.45) is 7.05 Å². The first-order valence-corrected chi connectivity index (χ1v) is 6.07. The molecule has 0 radical (unpaired) electrons. The molecule has 5 heteroatoms. The topological polar surface area (TPSA) is 46.9 Å². The van der Waals surface area contributed by atoms with Gasteiger partial charge in [-0.2, -0.15) is 5.10 Å². The fourth-order valence-electron chi connectivity index (χ4n) is 1.56. The number of alkyl halides is 1. The first-order chi connectivity index (χ1) is 7.66. The predicted molar refractivity (Wildman–Crippen MR) is 69.5 cm³/mol. The Labute approximate surface area is 107 Å². The molecule has 0 fully saturated rings. The molecule has 1 N–H and O–H groups in total. The van der Waals surface area contributed by atoms with Crippen molar-refractivity contribution in [2.75, 3.05) is 0 Å². The van der Waals surface area contributed by atoms with Gasteiger partial charge in [-0.1, -0.05) is 0 Å². The molecule has 0 aliphatic rings. The Balaban J connectivity index is 2.99. The zero-order valence-electron chi connectivity index (χ0n) is 11.3. The van der Waals surface area contributed by atoms with Crippen molar-refractivity contribution in [2.45, 2.75) is 45.5 Å². The predicted octanol–water partition coefficient (Wildman–Crippen LogP) is 2.17. The Morgan fingerprint density at radius 1 is 1.47 bits per heavy atom. The van der Waals surface area contributed by atoms with E-state index in [1.54, 1.807) is 4.68 Å². The highest BCUT2D eigenvalue weighted by Gasteiger charge is 2.28. The number of rotatable bonds is 3. The molecule has 0 saturated carbocycles. The largest absolute Gasteiger partial charge is 0.346 e. The van der Waals surface area contributed by atoms with Gasteiger partial charge in [0.15, 0.2) is 0 Å². The fourth-order valence-corrected chi connectivity index (χ4v) is 1.61. The molecule has 0 aliphatic carbocycles. The summed E-state index contributed by atoms with van der Waals surface area (Å²) < 4.78 is 1.71. The summed E-state index contributed by atoms with van der Waals surface area (Å²) >= 11 is 6.05. The van der Waals surface area contributed by atoms with Crippen LogP contribution in [0, 0.1) is 13.8 Å². The van der Waals surface area contributed by atoms with E-state index in [2.05, 4.69) is 10.4 Å². The second kappa shape index (κ2) is 4.69. The molecule has 0 saturated heterocycles. The molecule has 0 spiro atoms. The maximum atomic E-state index is 12.2. The van der Waals surface area contributed by atoms with Gasteiger partial charge >= 0.3 is 0 Å². The van der Waals surface area contributed by atoms with Crippen molar-refractivity contribution in [3.8, 4) is 0 Å². The SMILES string of the molecule is Cc1nn(C)c(C)c1C(=O)NC(C)(C)C(C)Cl. The third-order valence-electron chi connectivity index (χ3n) is 3.17. The van der Waals surface area contributed by atoms with Crippen molar-refractivity contribution in [1.82, 2.24) is 15.1 Å². The van der Waals surface area contributed by atoms with Gasteiger partial charge in [-0.25, -0.2) is 0 Å². The average Bonchev–Trinajstić information content (AvgIpc) is 2.39. The van der Waals surface area contributed by atoms with E-state index in [1.807, 2.05) is 41.7 Å². The van der Waals surface area contributed by atoms with Crippen LogP contribution in [0.2, 0.25) is 0 Å². The summed E-state index contributed by atoms with van der Waals surface area (Å²) in [6.45, 7) is 9.39. The molecular formula is C12H20ClN3O. The lowest BCUT2D eigenvalue weighted by atomic mass is 10.0. The molecule has 1 aromatic rings. The van der Waals surface area contributed by atoms with Gasteiger partial charge in [0.25, 0.3) is 5.91 Å². The van der Waals surface area contributed by atoms with Gasteiger partial charge in [0, 0.05) is 12.7 Å². The second-order valence-electron chi connectivity index (χ2n) is 4.96. The zero-order chi connectivity index (χ0) is 13.4. The molecule has 1 unspecified atom stereocenters. The number of aryl methyl sites for hydroxylation is 2. The second-order valence-corrected chi connectivity index (χ2v) is 5.62. The van der Waals surface area contributed by atoms with Gasteiger partial charge in [0.1, 0.15) is 0 Å². The quantitative estimate of drug-likeness (QED) is 0.844. The summed E-state index contributed by atoms with van der Waals surface area (Å²) in [4.78, 5) is 12.2. The van der Waals surface area contributed by atoms with Crippen LogP contribution in [0.25, 0.3) is 0 Å². The van der Waals surface area contributed by atoms with E-state index in [4.69, 9.17) is 11.6 Å². The first kappa shape index (κ1) is 14.0. The number of hydrogen-bond donors (Lipinski definition) is 1. The van der Waals surface area contributed by atoms with Gasteiger partial charge in [-0.3, -0.25) is 9.48 Å². The number of carbonyl (C=O) groups excluding carboxylic acids is 1. The summed E-state index contributed by atoms with van der Waals surface area (Å²) in [5.41, 5.74) is 1.78. The minimum atomic E-state index is -0.451. The summed E-state index contributed by atoms with van der Waals surface area (Å²) in [5, 5.41) is 7.02. The Morgan fingerprint density at radius 3 is 2.35 bits per heavy atom. The van der Waals surface area contributed by atoms with Crippen molar-refractivity contribution < 1.29 is 4.79 Å². The smallest absolute Gasteiger partial charge is 0.255 e. The summed E-state index contributed by atoms with van der Waals surface area (Å²) in [7, 11) is 1.83. The van der Waals surface area contributed by atoms with E-state index in [9.17, 15) is 4.79 Å². The lowest BCUT2D eigenvalue weighted by molar-refractivity contribution is 0.0911. The Kier molecular flexibility index (Phi) is 3.87. The van der Waals surface area contributed by atoms with Crippen LogP contribution in [-0.4, -0.2) is 26.6 Å². The van der Waals surface area contributed by atoms with Gasteiger partial charge in [-0.15, -0.1) is 11.6 Å². The normalized spacial score (nSPS) is 13.6. The van der Waals surface area contributed by atoms with Crippen LogP contribution in [0.4, 0.5) is 0 Å². The van der Waals surface area contributed by atoms with E-state index in [1.165, 1.54) is 0 Å². The molecule has 4 nitrogen and oxygen atoms in total. The number of halogens is 1. The van der Waals surface area contributed by atoms with Crippen molar-refractivity contribution in [3.63, 3.8) is 0 Å². The molecule has 1 amide bonds. The monoisotopic (exact) mass is 257 g/mol. The molecule has 0 bridgehead atoms. The number of nitrogens with one attached hydrogen (secondary N) is 1. The van der Waals surface area contributed by atoms with Crippen LogP contribution in [0.1, 0.15) is 42.5 Å². The average molecular weight is 258 g/mol. The molecule has 17 heavy (non-hydrogen) atoms. The summed E-state index contributed by atoms with van der Waals surface area (Å²) in [6.07, 6.45) is 0. The van der Waals surface area contributed by atoms with E-state index in [-0.39, 0.29) is 11.3 Å². The Hall–Kier alpha value is -1.03. The molecule has 1 atom stereocenters. The van der Waals surface area contributed by atoms with Crippen molar-refractivity contribution >= 4 is 17.5 Å². The summed E-state index contributed by atoms with van der Waals surface area (Å²) in [6, 6.07) is 0. The van der Waals surface area contributed by atoms with Crippen LogP contribution >= 0.6 is 11.6 Å². The van der Waals surface area contributed by atoms with E-state index >= 15 is 0 Å². The summed E-state index contributed by atoms with van der Waals surface area (Å²) in [5.74, 6) is -0.120. The zero-order valence-corrected chi connectivity index (χ0v) is 12.0. The molecule has 0 aromatic carbocycles. The molecular weight excluding hydrogens is 238 g/mol. The van der Waals surface area contributed by atoms with Crippen molar-refractivity contribution in [1.29, 1.82) is 0 Å². The highest BCUT2D eigenvalue weighted by atomic mass is 35.5. The molecule has 96 valence electrons. The van der Waals surface area contributed by atoms with Gasteiger partial charge in [-0.05, 0) is 34.6 Å². The number of hydrogen-bond acceptors (Lipinski definition) is 2. The van der Waals surface area contributed by atoms with Crippen LogP contribution in [0.15, 0.2) is 0 Å². The fraction of sp³-hybridized carbons (Fsp3) is 0.667. The number of amides is 1. The minimum Gasteiger partial charge on any atom is -0.346 e. The number of aromatic nitrogens is 2. The first-order valence-electron chi connectivity index (χ1n) is 5.63. The molecule has 0 aliphatic heterocycles. The maximum Gasteiger partial charge on any atom is 0.255 e. The highest BCUT2D eigenvalue weighted by Crippen LogP contribution is 2.18. The highest BCUT2D eigenvalue weighted by molar-refractivity contribution is 6.21. The van der Waals surface area contributed by atoms with Gasteiger partial charge in [0.05, 0.1) is 22.2 Å². The molecule has 1 aromatic heterocycles. The molecule has 1 rings (SSSR count). The van der Waals surface area contributed by atoms with E-state index < -0.39 is 5.54 Å². The van der Waals surface area contributed by atoms with Crippen LogP contribution in [0.5, 0.6) is 0 Å². The Morgan fingerprint density at radius 2 is 2.00 bits per heavy atom. The van der Waals surface area contributed by atoms with Crippen LogP contribution in [0.3, 0.4) is 0 Å². The maximum absolute atomic E-state index is 12.2. The molecule has 1 heterocycles. The van der Waals surface area contributed by atoms with Gasteiger partial charge < -0.3 is 5.32 Å². The van der Waals surface area contributed by atoms with E-state index in [0.29, 0.717) is 5.56 Å². The minimum absolute atomic E-state index is 0.120. The third-order valence-corrected chi connectivity index (χ3v) is 3.71. The van der Waals surface area contributed by atoms with Gasteiger partial charge in [0.2, 0.25) is 0 Å². The third kappa shape index (κ3) is 2.80. The lowest BCUT2D eigenvalue weighted by Gasteiger charge is -2.29. The van der Waals surface area contributed by atoms with Crippen LogP contribution in [-0.2, 0) is 7.05 Å². The standard InChI is InChI=1S/C12H20ClN3O/c1-7-10(8(2)16(6)15-7)11(17)14-12(4,5)9(3)13/h9H,1-6H3,(H,14,17). The van der Waals surface area contributed by atoms with Crippen LogP contribution < -0.4 is 5.32 Å². The van der Waals surface area contributed by atoms with E-state index in [0.717, 1.165) is 11.4 Å². The van der Waals surface area contributed by atoms with Crippen molar-refractivity contribution in [3.05, 3.63) is 17.0 Å². The lowest BCUT2D eigenvalue weighted by Crippen LogP contribution is -2.49. The number of carbonyl (C=O) groups is 1. The number of nitrogens with zero attached hydrogens (tertiary/aromatic N) is 2. The Bertz CT molecular complexity index is 435.